The Morgan fingerprint density at radius 1 is 0.857 bits per heavy atom. The fraction of sp³-hybridized carbons (Fsp3) is 0.0476. The second-order valence-electron chi connectivity index (χ2n) is 5.77. The molecule has 0 bridgehead atoms. The highest BCUT2D eigenvalue weighted by molar-refractivity contribution is 5.98. The molecule has 0 amide bonds. The van der Waals surface area contributed by atoms with Gasteiger partial charge in [-0.05, 0) is 66.2 Å². The van der Waals surface area contributed by atoms with Crippen molar-refractivity contribution < 1.29 is 23.1 Å². The van der Waals surface area contributed by atoms with Crippen LogP contribution in [0.15, 0.2) is 78.0 Å². The molecule has 3 aromatic rings. The van der Waals surface area contributed by atoms with Crippen LogP contribution in [0.1, 0.15) is 21.5 Å². The van der Waals surface area contributed by atoms with Crippen molar-refractivity contribution in [3.63, 3.8) is 0 Å². The number of carbonyl (C=O) groups excluding carboxylic acids is 1. The van der Waals surface area contributed by atoms with Crippen LogP contribution in [0.3, 0.4) is 0 Å². The Balaban J connectivity index is 1.62. The molecule has 0 heterocycles. The zero-order valence-electron chi connectivity index (χ0n) is 14.6. The highest BCUT2D eigenvalue weighted by atomic mass is 19.1. The number of carbonyl (C=O) groups is 1. The number of nitrogens with zero attached hydrogens (tertiary/aromatic N) is 1. The third-order valence-electron chi connectivity index (χ3n) is 3.77. The van der Waals surface area contributed by atoms with Crippen molar-refractivity contribution in [3.8, 4) is 11.5 Å². The van der Waals surface area contributed by atoms with Crippen LogP contribution in [0.4, 0.5) is 8.78 Å². The van der Waals surface area contributed by atoms with Gasteiger partial charge in [0.2, 0.25) is 0 Å². The SMILES string of the molecule is N/C(=N\OC(=O)c1ccc(F)cc1)c1ccc(Oc2ccc(CF)cc2)cc1. The van der Waals surface area contributed by atoms with Gasteiger partial charge in [0, 0.05) is 5.56 Å². The molecule has 0 spiro atoms. The van der Waals surface area contributed by atoms with Crippen molar-refractivity contribution in [2.75, 3.05) is 0 Å². The minimum Gasteiger partial charge on any atom is -0.457 e. The van der Waals surface area contributed by atoms with Crippen LogP contribution in [-0.2, 0) is 11.5 Å². The Hall–Kier alpha value is -3.74. The minimum absolute atomic E-state index is 0.00527. The molecule has 0 atom stereocenters. The van der Waals surface area contributed by atoms with Crippen molar-refractivity contribution >= 4 is 11.8 Å². The van der Waals surface area contributed by atoms with E-state index in [1.54, 1.807) is 48.5 Å². The van der Waals surface area contributed by atoms with E-state index in [-0.39, 0.29) is 11.4 Å². The zero-order chi connectivity index (χ0) is 19.9. The quantitative estimate of drug-likeness (QED) is 0.293. The van der Waals surface area contributed by atoms with E-state index in [4.69, 9.17) is 15.3 Å². The van der Waals surface area contributed by atoms with Gasteiger partial charge in [0.25, 0.3) is 0 Å². The zero-order valence-corrected chi connectivity index (χ0v) is 14.6. The Bertz CT molecular complexity index is 970. The van der Waals surface area contributed by atoms with Gasteiger partial charge in [-0.15, -0.1) is 0 Å². The van der Waals surface area contributed by atoms with Gasteiger partial charge in [-0.1, -0.05) is 17.3 Å². The van der Waals surface area contributed by atoms with Crippen molar-refractivity contribution in [1.82, 2.24) is 0 Å². The van der Waals surface area contributed by atoms with Gasteiger partial charge >= 0.3 is 5.97 Å². The number of hydrogen-bond donors (Lipinski definition) is 1. The molecule has 3 rings (SSSR count). The van der Waals surface area contributed by atoms with Crippen LogP contribution in [0, 0.1) is 5.82 Å². The number of nitrogens with two attached hydrogens (primary N) is 1. The van der Waals surface area contributed by atoms with Gasteiger partial charge in [-0.3, -0.25) is 0 Å². The van der Waals surface area contributed by atoms with Crippen LogP contribution < -0.4 is 10.5 Å². The number of benzene rings is 3. The smallest absolute Gasteiger partial charge is 0.365 e. The largest absolute Gasteiger partial charge is 0.457 e. The summed E-state index contributed by atoms with van der Waals surface area (Å²) in [7, 11) is 0. The maximum absolute atomic E-state index is 12.9. The molecule has 0 unspecified atom stereocenters. The maximum Gasteiger partial charge on any atom is 0.365 e. The molecule has 5 nitrogen and oxygen atoms in total. The second-order valence-corrected chi connectivity index (χ2v) is 5.77. The van der Waals surface area contributed by atoms with Crippen LogP contribution in [0.5, 0.6) is 11.5 Å². The van der Waals surface area contributed by atoms with Crippen LogP contribution >= 0.6 is 0 Å². The third-order valence-corrected chi connectivity index (χ3v) is 3.77. The molecule has 0 aromatic heterocycles. The molecule has 0 saturated heterocycles. The third kappa shape index (κ3) is 4.91. The van der Waals surface area contributed by atoms with Gasteiger partial charge in [0.05, 0.1) is 5.56 Å². The topological polar surface area (TPSA) is 73.9 Å². The molecule has 0 aliphatic heterocycles. The number of rotatable bonds is 6. The highest BCUT2D eigenvalue weighted by Gasteiger charge is 2.08. The maximum atomic E-state index is 12.9. The fourth-order valence-corrected chi connectivity index (χ4v) is 2.26. The summed E-state index contributed by atoms with van der Waals surface area (Å²) < 4.78 is 31.0. The Labute approximate surface area is 160 Å². The molecule has 0 fully saturated rings. The molecule has 0 saturated carbocycles. The Kier molecular flexibility index (Phi) is 5.96. The summed E-state index contributed by atoms with van der Waals surface area (Å²) in [5, 5.41) is 3.60. The van der Waals surface area contributed by atoms with Crippen LogP contribution in [0.2, 0.25) is 0 Å². The Morgan fingerprint density at radius 2 is 1.39 bits per heavy atom. The summed E-state index contributed by atoms with van der Waals surface area (Å²) in [6.45, 7) is -0.528. The summed E-state index contributed by atoms with van der Waals surface area (Å²) in [5.74, 6) is -0.0955. The lowest BCUT2D eigenvalue weighted by atomic mass is 10.2. The minimum atomic E-state index is -0.750. The van der Waals surface area contributed by atoms with E-state index >= 15 is 0 Å². The van der Waals surface area contributed by atoms with E-state index in [2.05, 4.69) is 5.16 Å². The van der Waals surface area contributed by atoms with Gasteiger partial charge in [0.15, 0.2) is 5.84 Å². The fourth-order valence-electron chi connectivity index (χ4n) is 2.26. The van der Waals surface area contributed by atoms with Crippen molar-refractivity contribution in [2.45, 2.75) is 6.67 Å². The van der Waals surface area contributed by atoms with E-state index in [1.165, 1.54) is 12.1 Å². The second kappa shape index (κ2) is 8.77. The van der Waals surface area contributed by atoms with E-state index in [0.717, 1.165) is 12.1 Å². The first-order chi connectivity index (χ1) is 13.5. The van der Waals surface area contributed by atoms with E-state index in [1.807, 2.05) is 0 Å². The summed E-state index contributed by atoms with van der Waals surface area (Å²) in [6.07, 6.45) is 0. The van der Waals surface area contributed by atoms with Crippen molar-refractivity contribution in [3.05, 3.63) is 95.3 Å². The van der Waals surface area contributed by atoms with E-state index in [9.17, 15) is 13.6 Å². The average Bonchev–Trinajstić information content (AvgIpc) is 2.73. The number of amidine groups is 1. The highest BCUT2D eigenvalue weighted by Crippen LogP contribution is 2.22. The monoisotopic (exact) mass is 382 g/mol. The molecule has 2 N–H and O–H groups in total. The van der Waals surface area contributed by atoms with Crippen LogP contribution in [0.25, 0.3) is 0 Å². The number of halogens is 2. The molecule has 142 valence electrons. The predicted octanol–water partition coefficient (Wildman–Crippen LogP) is 4.56. The normalized spacial score (nSPS) is 11.1. The summed E-state index contributed by atoms with van der Waals surface area (Å²) in [4.78, 5) is 16.6. The first-order valence-electron chi connectivity index (χ1n) is 8.29. The standard InChI is InChI=1S/C21H16F2N2O3/c22-13-14-1-9-18(10-2-14)27-19-11-5-15(6-12-19)20(24)25-28-21(26)16-3-7-17(23)8-4-16/h1-12H,13H2,(H2,24,25). The summed E-state index contributed by atoms with van der Waals surface area (Å²) in [6, 6.07) is 18.1. The molecule has 0 radical (unpaired) electrons. The first-order valence-corrected chi connectivity index (χ1v) is 8.29. The molecular formula is C21H16F2N2O3. The van der Waals surface area contributed by atoms with E-state index < -0.39 is 18.5 Å². The number of ether oxygens (including phenoxy) is 1. The Morgan fingerprint density at radius 3 is 1.96 bits per heavy atom. The van der Waals surface area contributed by atoms with Gasteiger partial charge in [-0.2, -0.15) is 0 Å². The molecule has 0 aliphatic rings. The predicted molar refractivity (Wildman–Crippen MR) is 100 cm³/mol. The van der Waals surface area contributed by atoms with Gasteiger partial charge in [-0.25, -0.2) is 13.6 Å². The lowest BCUT2D eigenvalue weighted by molar-refractivity contribution is 0.0516. The number of oxime groups is 1. The lowest BCUT2D eigenvalue weighted by Crippen LogP contribution is -2.15. The first kappa shape index (κ1) is 19.0. The average molecular weight is 382 g/mol. The van der Waals surface area contributed by atoms with Crippen molar-refractivity contribution in [2.24, 2.45) is 10.9 Å². The number of hydrogen-bond acceptors (Lipinski definition) is 4. The van der Waals surface area contributed by atoms with E-state index in [0.29, 0.717) is 22.6 Å². The molecule has 3 aromatic carbocycles. The molecule has 0 aliphatic carbocycles. The van der Waals surface area contributed by atoms with Gasteiger partial charge in [0.1, 0.15) is 24.0 Å². The number of alkyl halides is 1. The van der Waals surface area contributed by atoms with Crippen LogP contribution in [-0.4, -0.2) is 11.8 Å². The van der Waals surface area contributed by atoms with Crippen molar-refractivity contribution in [1.29, 1.82) is 0 Å². The molecule has 7 heteroatoms. The molecule has 28 heavy (non-hydrogen) atoms. The molecular weight excluding hydrogens is 366 g/mol. The summed E-state index contributed by atoms with van der Waals surface area (Å²) in [5.41, 5.74) is 7.06. The van der Waals surface area contributed by atoms with Gasteiger partial charge < -0.3 is 15.3 Å². The summed E-state index contributed by atoms with van der Waals surface area (Å²) >= 11 is 0. The lowest BCUT2D eigenvalue weighted by Gasteiger charge is -2.07.